The van der Waals surface area contributed by atoms with Crippen LogP contribution in [0.15, 0.2) is 59.7 Å². The maximum atomic E-state index is 12.9. The van der Waals surface area contributed by atoms with E-state index in [0.29, 0.717) is 24.0 Å². The summed E-state index contributed by atoms with van der Waals surface area (Å²) < 4.78 is 1.52. The van der Waals surface area contributed by atoms with Gasteiger partial charge in [-0.1, -0.05) is 24.3 Å². The number of hydrogen-bond acceptors (Lipinski definition) is 4. The van der Waals surface area contributed by atoms with E-state index in [-0.39, 0.29) is 23.9 Å². The molecule has 1 fully saturated rings. The van der Waals surface area contributed by atoms with E-state index in [9.17, 15) is 9.59 Å². The summed E-state index contributed by atoms with van der Waals surface area (Å²) in [6.07, 6.45) is 3.63. The van der Waals surface area contributed by atoms with E-state index in [1.54, 1.807) is 6.07 Å². The van der Waals surface area contributed by atoms with E-state index in [1.165, 1.54) is 10.9 Å². The second-order valence-corrected chi connectivity index (χ2v) is 7.39. The van der Waals surface area contributed by atoms with Crippen molar-refractivity contribution in [2.45, 2.75) is 31.8 Å². The van der Waals surface area contributed by atoms with Crippen LogP contribution in [0.3, 0.4) is 0 Å². The molecule has 1 atom stereocenters. The van der Waals surface area contributed by atoms with Gasteiger partial charge in [-0.25, -0.2) is 9.97 Å². The highest BCUT2D eigenvalue weighted by molar-refractivity contribution is 5.79. The number of rotatable bonds is 4. The minimum atomic E-state index is -0.112. The maximum Gasteiger partial charge on any atom is 0.261 e. The zero-order valence-electron chi connectivity index (χ0n) is 15.9. The number of aryl methyl sites for hydroxylation is 1. The molecule has 1 unspecified atom stereocenters. The molecule has 29 heavy (non-hydrogen) atoms. The van der Waals surface area contributed by atoms with Crippen molar-refractivity contribution in [3.05, 3.63) is 71.0 Å². The third-order valence-electron chi connectivity index (χ3n) is 5.59. The minimum absolute atomic E-state index is 0.0352. The number of H-pyrrole nitrogens is 1. The lowest BCUT2D eigenvalue weighted by Gasteiger charge is -2.23. The molecule has 1 amide bonds. The van der Waals surface area contributed by atoms with Crippen molar-refractivity contribution in [2.24, 2.45) is 0 Å². The first-order valence-corrected chi connectivity index (χ1v) is 9.89. The van der Waals surface area contributed by atoms with Crippen LogP contribution in [0.5, 0.6) is 0 Å². The summed E-state index contributed by atoms with van der Waals surface area (Å²) in [7, 11) is 0. The first-order chi connectivity index (χ1) is 14.2. The highest BCUT2D eigenvalue weighted by Crippen LogP contribution is 2.31. The second kappa shape index (κ2) is 7.16. The number of carbonyl (C=O) groups excluding carboxylic acids is 1. The Morgan fingerprint density at radius 1 is 1.10 bits per heavy atom. The zero-order chi connectivity index (χ0) is 19.8. The number of hydrogen-bond donors (Lipinski definition) is 1. The number of amides is 1. The predicted octanol–water partition coefficient (Wildman–Crippen LogP) is 3.03. The van der Waals surface area contributed by atoms with Crippen LogP contribution < -0.4 is 5.56 Å². The fourth-order valence-electron chi connectivity index (χ4n) is 4.10. The van der Waals surface area contributed by atoms with Crippen molar-refractivity contribution < 1.29 is 4.79 Å². The molecular formula is C22H21N5O2. The Labute approximate surface area is 167 Å². The fourth-order valence-corrected chi connectivity index (χ4v) is 4.10. The molecule has 5 rings (SSSR count). The van der Waals surface area contributed by atoms with Gasteiger partial charge in [-0.15, -0.1) is 0 Å². The lowest BCUT2D eigenvalue weighted by Crippen LogP contribution is -2.32. The summed E-state index contributed by atoms with van der Waals surface area (Å²) in [5.74, 6) is 0.870. The molecule has 1 aliphatic heterocycles. The SMILES string of the molecule is O=C(CCn1cnc2ccccc2c1=O)N1CCCC1c1nc2ccccc2[nH]1. The molecule has 1 aliphatic rings. The summed E-state index contributed by atoms with van der Waals surface area (Å²) in [5, 5.41) is 0.573. The Balaban J connectivity index is 1.34. The van der Waals surface area contributed by atoms with Crippen LogP contribution in [0.1, 0.15) is 31.1 Å². The van der Waals surface area contributed by atoms with E-state index in [0.717, 1.165) is 29.7 Å². The summed E-state index contributed by atoms with van der Waals surface area (Å²) >= 11 is 0. The van der Waals surface area contributed by atoms with Crippen molar-refractivity contribution in [3.63, 3.8) is 0 Å². The van der Waals surface area contributed by atoms with Crippen LogP contribution in [-0.2, 0) is 11.3 Å². The lowest BCUT2D eigenvalue weighted by atomic mass is 10.2. The van der Waals surface area contributed by atoms with Gasteiger partial charge in [0.25, 0.3) is 5.56 Å². The molecule has 1 N–H and O–H groups in total. The molecule has 3 heterocycles. The number of para-hydroxylation sites is 3. The Kier molecular flexibility index (Phi) is 4.35. The average Bonchev–Trinajstić information content (AvgIpc) is 3.40. The van der Waals surface area contributed by atoms with Gasteiger partial charge in [-0.05, 0) is 37.1 Å². The van der Waals surface area contributed by atoms with Crippen molar-refractivity contribution in [2.75, 3.05) is 6.54 Å². The molecule has 1 saturated heterocycles. The predicted molar refractivity (Wildman–Crippen MR) is 110 cm³/mol. The van der Waals surface area contributed by atoms with Crippen LogP contribution >= 0.6 is 0 Å². The summed E-state index contributed by atoms with van der Waals surface area (Å²) in [6, 6.07) is 15.1. The van der Waals surface area contributed by atoms with Crippen LogP contribution in [0.2, 0.25) is 0 Å². The van der Waals surface area contributed by atoms with E-state index < -0.39 is 0 Å². The Morgan fingerprint density at radius 3 is 2.76 bits per heavy atom. The Morgan fingerprint density at radius 2 is 1.90 bits per heavy atom. The highest BCUT2D eigenvalue weighted by Gasteiger charge is 2.31. The molecule has 0 saturated carbocycles. The molecule has 4 aromatic rings. The molecule has 2 aromatic carbocycles. The average molecular weight is 387 g/mol. The maximum absolute atomic E-state index is 12.9. The van der Waals surface area contributed by atoms with Gasteiger partial charge in [0, 0.05) is 19.5 Å². The van der Waals surface area contributed by atoms with Crippen molar-refractivity contribution in [1.29, 1.82) is 0 Å². The molecule has 0 aliphatic carbocycles. The van der Waals surface area contributed by atoms with Crippen LogP contribution in [0.4, 0.5) is 0 Å². The van der Waals surface area contributed by atoms with Gasteiger partial charge < -0.3 is 9.88 Å². The first-order valence-electron chi connectivity index (χ1n) is 9.89. The van der Waals surface area contributed by atoms with Crippen molar-refractivity contribution in [1.82, 2.24) is 24.4 Å². The van der Waals surface area contributed by atoms with E-state index >= 15 is 0 Å². The summed E-state index contributed by atoms with van der Waals surface area (Å²) in [5.41, 5.74) is 2.45. The van der Waals surface area contributed by atoms with Crippen molar-refractivity contribution in [3.8, 4) is 0 Å². The number of fused-ring (bicyclic) bond motifs is 2. The summed E-state index contributed by atoms with van der Waals surface area (Å²) in [4.78, 5) is 39.8. The number of aromatic nitrogens is 4. The van der Waals surface area contributed by atoms with Crippen molar-refractivity contribution >= 4 is 27.8 Å². The lowest BCUT2D eigenvalue weighted by molar-refractivity contribution is -0.132. The molecule has 146 valence electrons. The molecule has 7 nitrogen and oxygen atoms in total. The molecule has 0 spiro atoms. The molecule has 0 bridgehead atoms. The molecular weight excluding hydrogens is 366 g/mol. The molecule has 7 heteroatoms. The van der Waals surface area contributed by atoms with E-state index in [1.807, 2.05) is 47.4 Å². The van der Waals surface area contributed by atoms with Gasteiger partial charge in [-0.2, -0.15) is 0 Å². The molecule has 2 aromatic heterocycles. The van der Waals surface area contributed by atoms with Gasteiger partial charge in [0.1, 0.15) is 5.82 Å². The number of carbonyl (C=O) groups is 1. The number of nitrogens with zero attached hydrogens (tertiary/aromatic N) is 4. The zero-order valence-corrected chi connectivity index (χ0v) is 15.9. The van der Waals surface area contributed by atoms with Gasteiger partial charge in [0.2, 0.25) is 5.91 Å². The third kappa shape index (κ3) is 3.18. The highest BCUT2D eigenvalue weighted by atomic mass is 16.2. The second-order valence-electron chi connectivity index (χ2n) is 7.39. The van der Waals surface area contributed by atoms with Gasteiger partial charge in [0.05, 0.1) is 34.3 Å². The Hall–Kier alpha value is -3.48. The Bertz CT molecular complexity index is 1230. The van der Waals surface area contributed by atoms with E-state index in [2.05, 4.69) is 15.0 Å². The molecule has 0 radical (unpaired) electrons. The normalized spacial score (nSPS) is 16.7. The van der Waals surface area contributed by atoms with Crippen LogP contribution in [0, 0.1) is 0 Å². The fraction of sp³-hybridized carbons (Fsp3) is 0.273. The van der Waals surface area contributed by atoms with Gasteiger partial charge >= 0.3 is 0 Å². The van der Waals surface area contributed by atoms with E-state index in [4.69, 9.17) is 0 Å². The summed E-state index contributed by atoms with van der Waals surface area (Å²) in [6.45, 7) is 1.03. The number of likely N-dealkylation sites (tertiary alicyclic amines) is 1. The number of benzene rings is 2. The number of aromatic amines is 1. The topological polar surface area (TPSA) is 83.9 Å². The largest absolute Gasteiger partial charge is 0.340 e. The van der Waals surface area contributed by atoms with Gasteiger partial charge in [0.15, 0.2) is 0 Å². The third-order valence-corrected chi connectivity index (χ3v) is 5.59. The minimum Gasteiger partial charge on any atom is -0.340 e. The number of imidazole rings is 1. The first kappa shape index (κ1) is 17.6. The number of nitrogens with one attached hydrogen (secondary N) is 1. The van der Waals surface area contributed by atoms with Gasteiger partial charge in [-0.3, -0.25) is 14.2 Å². The standard InChI is InChI=1S/C22H21N5O2/c28-20(11-13-26-14-23-16-7-2-1-6-15(16)22(26)29)27-12-5-10-19(27)21-24-17-8-3-4-9-18(17)25-21/h1-4,6-9,14,19H,5,10-13H2,(H,24,25). The van der Waals surface area contributed by atoms with Crippen LogP contribution in [0.25, 0.3) is 21.9 Å². The monoisotopic (exact) mass is 387 g/mol. The smallest absolute Gasteiger partial charge is 0.261 e. The quantitative estimate of drug-likeness (QED) is 0.583. The van der Waals surface area contributed by atoms with Crippen LogP contribution in [-0.4, -0.2) is 36.9 Å².